The van der Waals surface area contributed by atoms with Gasteiger partial charge in [-0.25, -0.2) is 4.39 Å². The number of benzene rings is 2. The van der Waals surface area contributed by atoms with Crippen molar-refractivity contribution in [1.29, 1.82) is 0 Å². The van der Waals surface area contributed by atoms with Gasteiger partial charge in [0.15, 0.2) is 0 Å². The number of likely N-dealkylation sites (N-methyl/N-ethyl adjacent to an activating group) is 2. The Hall–Kier alpha value is -2.11. The molecule has 25 heavy (non-hydrogen) atoms. The average molecular weight is 365 g/mol. The van der Waals surface area contributed by atoms with E-state index >= 15 is 0 Å². The van der Waals surface area contributed by atoms with Gasteiger partial charge in [0.2, 0.25) is 5.91 Å². The summed E-state index contributed by atoms with van der Waals surface area (Å²) < 4.78 is 18.5. The molecule has 2 rings (SSSR count). The first-order valence-electron chi connectivity index (χ1n) is 7.99. The van der Waals surface area contributed by atoms with Crippen molar-refractivity contribution < 1.29 is 13.9 Å². The molecule has 4 nitrogen and oxygen atoms in total. The summed E-state index contributed by atoms with van der Waals surface area (Å²) in [7, 11) is 3.60. The fourth-order valence-electron chi connectivity index (χ4n) is 2.26. The number of hydrogen-bond donors (Lipinski definition) is 0. The van der Waals surface area contributed by atoms with Gasteiger partial charge in [0, 0.05) is 25.2 Å². The maximum absolute atomic E-state index is 12.9. The zero-order chi connectivity index (χ0) is 18.2. The molecule has 0 atom stereocenters. The van der Waals surface area contributed by atoms with Crippen molar-refractivity contribution >= 4 is 17.5 Å². The third-order valence-corrected chi connectivity index (χ3v) is 3.94. The second kappa shape index (κ2) is 9.39. The van der Waals surface area contributed by atoms with Crippen molar-refractivity contribution in [3.8, 4) is 5.75 Å². The Morgan fingerprint density at radius 1 is 1.16 bits per heavy atom. The minimum absolute atomic E-state index is 0.00502. The predicted octanol–water partition coefficient (Wildman–Crippen LogP) is 3.45. The van der Waals surface area contributed by atoms with E-state index in [2.05, 4.69) is 0 Å². The molecule has 6 heteroatoms. The molecule has 0 aromatic heterocycles. The quantitative estimate of drug-likeness (QED) is 0.719. The molecule has 0 spiro atoms. The van der Waals surface area contributed by atoms with Crippen molar-refractivity contribution in [3.63, 3.8) is 0 Å². The molecule has 0 fully saturated rings. The summed E-state index contributed by atoms with van der Waals surface area (Å²) in [4.78, 5) is 15.8. The van der Waals surface area contributed by atoms with E-state index < -0.39 is 0 Å². The number of carbonyl (C=O) groups excluding carboxylic acids is 1. The highest BCUT2D eigenvalue weighted by molar-refractivity contribution is 6.30. The predicted molar refractivity (Wildman–Crippen MR) is 97.3 cm³/mol. The van der Waals surface area contributed by atoms with Crippen molar-refractivity contribution in [1.82, 2.24) is 9.80 Å². The molecule has 134 valence electrons. The van der Waals surface area contributed by atoms with Crippen LogP contribution in [-0.2, 0) is 11.3 Å². The Morgan fingerprint density at radius 2 is 1.88 bits per heavy atom. The van der Waals surface area contributed by atoms with Crippen LogP contribution >= 0.6 is 11.6 Å². The first-order chi connectivity index (χ1) is 11.9. The van der Waals surface area contributed by atoms with E-state index in [4.69, 9.17) is 16.3 Å². The molecular weight excluding hydrogens is 343 g/mol. The van der Waals surface area contributed by atoms with Crippen LogP contribution in [0.1, 0.15) is 5.56 Å². The van der Waals surface area contributed by atoms with Crippen LogP contribution in [0.5, 0.6) is 5.75 Å². The maximum atomic E-state index is 12.9. The van der Waals surface area contributed by atoms with Gasteiger partial charge in [0.25, 0.3) is 0 Å². The van der Waals surface area contributed by atoms with Gasteiger partial charge < -0.3 is 9.64 Å². The lowest BCUT2D eigenvalue weighted by molar-refractivity contribution is -0.131. The van der Waals surface area contributed by atoms with Crippen LogP contribution in [-0.4, -0.2) is 49.5 Å². The molecule has 0 aliphatic heterocycles. The van der Waals surface area contributed by atoms with Gasteiger partial charge in [0.1, 0.15) is 18.2 Å². The summed E-state index contributed by atoms with van der Waals surface area (Å²) in [5, 5.41) is 0.628. The van der Waals surface area contributed by atoms with E-state index in [1.54, 1.807) is 36.2 Å². The van der Waals surface area contributed by atoms with Crippen molar-refractivity contribution in [2.45, 2.75) is 6.54 Å². The van der Waals surface area contributed by atoms with Gasteiger partial charge in [-0.15, -0.1) is 0 Å². The molecular formula is C19H22ClFN2O2. The van der Waals surface area contributed by atoms with Crippen LogP contribution in [0.3, 0.4) is 0 Å². The van der Waals surface area contributed by atoms with Gasteiger partial charge >= 0.3 is 0 Å². The number of rotatable bonds is 8. The van der Waals surface area contributed by atoms with Crippen molar-refractivity contribution in [3.05, 3.63) is 64.9 Å². The number of hydrogen-bond acceptors (Lipinski definition) is 3. The maximum Gasteiger partial charge on any atom is 0.236 e. The average Bonchev–Trinajstić information content (AvgIpc) is 2.57. The third kappa shape index (κ3) is 6.72. The molecule has 0 radical (unpaired) electrons. The number of halogens is 2. The highest BCUT2D eigenvalue weighted by Gasteiger charge is 2.12. The molecule has 2 aromatic carbocycles. The molecule has 0 saturated heterocycles. The van der Waals surface area contributed by atoms with Crippen molar-refractivity contribution in [2.75, 3.05) is 33.8 Å². The number of amides is 1. The summed E-state index contributed by atoms with van der Waals surface area (Å²) in [5.41, 5.74) is 0.893. The Balaban J connectivity index is 1.72. The molecule has 0 N–H and O–H groups in total. The Bertz CT molecular complexity index is 694. The second-order valence-electron chi connectivity index (χ2n) is 5.92. The first-order valence-corrected chi connectivity index (χ1v) is 8.37. The topological polar surface area (TPSA) is 32.8 Å². The smallest absolute Gasteiger partial charge is 0.236 e. The molecule has 0 bridgehead atoms. The molecule has 0 unspecified atom stereocenters. The molecule has 2 aromatic rings. The molecule has 1 amide bonds. The largest absolute Gasteiger partial charge is 0.492 e. The standard InChI is InChI=1S/C19H22ClFN2O2/c1-22(10-11-25-18-5-3-4-16(20)12-18)14-19(24)23(2)13-15-6-8-17(21)9-7-15/h3-9,12H,10-11,13-14H2,1-2H3. The van der Waals surface area contributed by atoms with E-state index in [1.165, 1.54) is 12.1 Å². The number of carbonyl (C=O) groups is 1. The van der Waals surface area contributed by atoms with Crippen LogP contribution < -0.4 is 4.74 Å². The normalized spacial score (nSPS) is 10.8. The fraction of sp³-hybridized carbons (Fsp3) is 0.316. The van der Waals surface area contributed by atoms with Gasteiger partial charge in [-0.05, 0) is 42.9 Å². The highest BCUT2D eigenvalue weighted by Crippen LogP contribution is 2.16. The van der Waals surface area contributed by atoms with Crippen LogP contribution in [0.15, 0.2) is 48.5 Å². The van der Waals surface area contributed by atoms with Gasteiger partial charge in [0.05, 0.1) is 6.54 Å². The Kier molecular flexibility index (Phi) is 7.22. The number of ether oxygens (including phenoxy) is 1. The lowest BCUT2D eigenvalue weighted by Crippen LogP contribution is -2.37. The van der Waals surface area contributed by atoms with E-state index in [0.29, 0.717) is 30.5 Å². The van der Waals surface area contributed by atoms with E-state index in [0.717, 1.165) is 5.56 Å². The van der Waals surface area contributed by atoms with Gasteiger partial charge in [-0.3, -0.25) is 9.69 Å². The second-order valence-corrected chi connectivity index (χ2v) is 6.36. The highest BCUT2D eigenvalue weighted by atomic mass is 35.5. The van der Waals surface area contributed by atoms with E-state index in [9.17, 15) is 9.18 Å². The minimum atomic E-state index is -0.280. The monoisotopic (exact) mass is 364 g/mol. The Labute approximate surface area is 152 Å². The minimum Gasteiger partial charge on any atom is -0.492 e. The molecule has 0 heterocycles. The third-order valence-electron chi connectivity index (χ3n) is 3.70. The van der Waals surface area contributed by atoms with Gasteiger partial charge in [-0.1, -0.05) is 29.8 Å². The number of nitrogens with zero attached hydrogens (tertiary/aromatic N) is 2. The van der Waals surface area contributed by atoms with Crippen LogP contribution in [0.2, 0.25) is 5.02 Å². The lowest BCUT2D eigenvalue weighted by atomic mass is 10.2. The fourth-order valence-corrected chi connectivity index (χ4v) is 2.44. The molecule has 0 aliphatic carbocycles. The van der Waals surface area contributed by atoms with Gasteiger partial charge in [-0.2, -0.15) is 0 Å². The zero-order valence-corrected chi connectivity index (χ0v) is 15.2. The summed E-state index contributed by atoms with van der Waals surface area (Å²) in [6, 6.07) is 13.4. The Morgan fingerprint density at radius 3 is 2.56 bits per heavy atom. The SMILES string of the molecule is CN(CCOc1cccc(Cl)c1)CC(=O)N(C)Cc1ccc(F)cc1. The lowest BCUT2D eigenvalue weighted by Gasteiger charge is -2.22. The summed E-state index contributed by atoms with van der Waals surface area (Å²) in [6.07, 6.45) is 0. The summed E-state index contributed by atoms with van der Waals surface area (Å²) in [5.74, 6) is 0.424. The first kappa shape index (κ1) is 19.2. The van der Waals surface area contributed by atoms with E-state index in [1.807, 2.05) is 24.1 Å². The summed E-state index contributed by atoms with van der Waals surface area (Å²) in [6.45, 7) is 1.82. The van der Waals surface area contributed by atoms with Crippen LogP contribution in [0.4, 0.5) is 4.39 Å². The molecule has 0 aliphatic rings. The van der Waals surface area contributed by atoms with Crippen LogP contribution in [0, 0.1) is 5.82 Å². The molecule has 0 saturated carbocycles. The summed E-state index contributed by atoms with van der Waals surface area (Å²) >= 11 is 5.90. The zero-order valence-electron chi connectivity index (χ0n) is 14.4. The van der Waals surface area contributed by atoms with E-state index in [-0.39, 0.29) is 18.3 Å². The van der Waals surface area contributed by atoms with Crippen molar-refractivity contribution in [2.24, 2.45) is 0 Å². The van der Waals surface area contributed by atoms with Crippen LogP contribution in [0.25, 0.3) is 0 Å².